The van der Waals surface area contributed by atoms with Gasteiger partial charge in [0.2, 0.25) is 0 Å². The van der Waals surface area contributed by atoms with Crippen LogP contribution in [0.1, 0.15) is 35.6 Å². The fourth-order valence-corrected chi connectivity index (χ4v) is 3.82. The second-order valence-electron chi connectivity index (χ2n) is 7.49. The molecule has 1 N–H and O–H groups in total. The van der Waals surface area contributed by atoms with Gasteiger partial charge in [-0.25, -0.2) is 4.98 Å². The number of nitrogens with zero attached hydrogens (tertiary/aromatic N) is 2. The van der Waals surface area contributed by atoms with Gasteiger partial charge < -0.3 is 19.0 Å². The topological polar surface area (TPSA) is 69.3 Å². The van der Waals surface area contributed by atoms with Crippen molar-refractivity contribution in [3.63, 3.8) is 0 Å². The molecule has 0 radical (unpaired) electrons. The number of fused-ring (bicyclic) bond motifs is 1. The molecule has 7 heteroatoms. The van der Waals surface area contributed by atoms with Gasteiger partial charge in [-0.05, 0) is 55.7 Å². The van der Waals surface area contributed by atoms with Crippen LogP contribution in [0.25, 0.3) is 11.0 Å². The summed E-state index contributed by atoms with van der Waals surface area (Å²) in [4.78, 5) is 16.8. The van der Waals surface area contributed by atoms with Crippen LogP contribution in [-0.4, -0.2) is 28.6 Å². The predicted molar refractivity (Wildman–Crippen MR) is 125 cm³/mol. The van der Waals surface area contributed by atoms with Gasteiger partial charge in [0, 0.05) is 19.5 Å². The number of rotatable bonds is 11. The van der Waals surface area contributed by atoms with Crippen LogP contribution >= 0.6 is 11.6 Å². The van der Waals surface area contributed by atoms with E-state index in [1.165, 1.54) is 6.26 Å². The number of benzene rings is 2. The molecule has 2 aromatic heterocycles. The Balaban J connectivity index is 1.30. The van der Waals surface area contributed by atoms with Crippen LogP contribution in [0.4, 0.5) is 0 Å². The molecule has 6 nitrogen and oxygen atoms in total. The maximum Gasteiger partial charge on any atom is 0.286 e. The number of halogens is 1. The highest BCUT2D eigenvalue weighted by atomic mass is 35.5. The van der Waals surface area contributed by atoms with E-state index in [0.717, 1.165) is 54.8 Å². The Morgan fingerprint density at radius 1 is 1.03 bits per heavy atom. The van der Waals surface area contributed by atoms with E-state index in [2.05, 4.69) is 16.0 Å². The van der Waals surface area contributed by atoms with Crippen LogP contribution in [-0.2, 0) is 13.0 Å². The molecule has 0 fully saturated rings. The van der Waals surface area contributed by atoms with E-state index in [4.69, 9.17) is 25.7 Å². The molecule has 1 amide bonds. The number of para-hydroxylation sites is 3. The van der Waals surface area contributed by atoms with Gasteiger partial charge in [0.15, 0.2) is 5.76 Å². The minimum absolute atomic E-state index is 0.193. The first kappa shape index (κ1) is 22.0. The molecule has 0 unspecified atom stereocenters. The number of hydrogen-bond acceptors (Lipinski definition) is 4. The molecule has 0 saturated heterocycles. The van der Waals surface area contributed by atoms with Crippen molar-refractivity contribution < 1.29 is 13.9 Å². The van der Waals surface area contributed by atoms with Crippen molar-refractivity contribution in [3.8, 4) is 5.75 Å². The first-order chi connectivity index (χ1) is 15.7. The van der Waals surface area contributed by atoms with Crippen molar-refractivity contribution in [2.24, 2.45) is 0 Å². The van der Waals surface area contributed by atoms with Crippen LogP contribution in [0.3, 0.4) is 0 Å². The van der Waals surface area contributed by atoms with Crippen molar-refractivity contribution >= 4 is 28.5 Å². The summed E-state index contributed by atoms with van der Waals surface area (Å²) in [5.41, 5.74) is 2.13. The summed E-state index contributed by atoms with van der Waals surface area (Å²) < 4.78 is 13.2. The fourth-order valence-electron chi connectivity index (χ4n) is 3.62. The summed E-state index contributed by atoms with van der Waals surface area (Å²) in [6.07, 6.45) is 4.95. The van der Waals surface area contributed by atoms with Gasteiger partial charge in [0.05, 0.1) is 28.9 Å². The number of nitrogens with one attached hydrogen (secondary N) is 1. The van der Waals surface area contributed by atoms with E-state index in [9.17, 15) is 4.79 Å². The van der Waals surface area contributed by atoms with Crippen molar-refractivity contribution in [1.82, 2.24) is 14.9 Å². The van der Waals surface area contributed by atoms with Gasteiger partial charge in [-0.2, -0.15) is 0 Å². The minimum Gasteiger partial charge on any atom is -0.492 e. The molecule has 166 valence electrons. The number of unbranched alkanes of at least 4 members (excludes halogenated alkanes) is 1. The molecule has 0 aliphatic heterocycles. The number of furan rings is 1. The lowest BCUT2D eigenvalue weighted by Crippen LogP contribution is -2.24. The lowest BCUT2D eigenvalue weighted by Gasteiger charge is -2.11. The maximum atomic E-state index is 12.0. The number of aryl methyl sites for hydroxylation is 2. The second kappa shape index (κ2) is 10.9. The van der Waals surface area contributed by atoms with Gasteiger partial charge in [-0.15, -0.1) is 0 Å². The molecule has 0 spiro atoms. The predicted octanol–water partition coefficient (Wildman–Crippen LogP) is 5.50. The van der Waals surface area contributed by atoms with Crippen molar-refractivity contribution in [2.75, 3.05) is 13.2 Å². The Bertz CT molecular complexity index is 1150. The van der Waals surface area contributed by atoms with Crippen LogP contribution in [0.15, 0.2) is 71.3 Å². The Morgan fingerprint density at radius 3 is 2.72 bits per heavy atom. The van der Waals surface area contributed by atoms with E-state index >= 15 is 0 Å². The second-order valence-corrected chi connectivity index (χ2v) is 7.90. The molecule has 0 aliphatic carbocycles. The SMILES string of the molecule is O=C(NCCCc1nc2ccccc2n1CCCCOc1ccccc1Cl)c1ccco1. The van der Waals surface area contributed by atoms with Crippen LogP contribution in [0.2, 0.25) is 5.02 Å². The largest absolute Gasteiger partial charge is 0.492 e. The van der Waals surface area contributed by atoms with Crippen LogP contribution in [0, 0.1) is 0 Å². The number of amides is 1. The van der Waals surface area contributed by atoms with Gasteiger partial charge in [-0.3, -0.25) is 4.79 Å². The molecule has 0 bridgehead atoms. The summed E-state index contributed by atoms with van der Waals surface area (Å²) in [5, 5.41) is 3.53. The number of carbonyl (C=O) groups is 1. The Labute approximate surface area is 192 Å². The van der Waals surface area contributed by atoms with E-state index < -0.39 is 0 Å². The molecule has 4 rings (SSSR count). The molecular formula is C25H26ClN3O3. The Hall–Kier alpha value is -3.25. The van der Waals surface area contributed by atoms with E-state index in [-0.39, 0.29) is 5.91 Å². The van der Waals surface area contributed by atoms with Gasteiger partial charge in [-0.1, -0.05) is 35.9 Å². The standard InChI is InChI=1S/C25H26ClN3O3/c26-19-9-1-4-12-22(19)31-17-6-5-16-29-21-11-3-2-10-20(21)28-24(29)14-7-15-27-25(30)23-13-8-18-32-23/h1-4,8-13,18H,5-7,14-17H2,(H,27,30). The van der Waals surface area contributed by atoms with Crippen molar-refractivity contribution in [3.05, 3.63) is 83.5 Å². The third-order valence-corrected chi connectivity index (χ3v) is 5.52. The van der Waals surface area contributed by atoms with Crippen molar-refractivity contribution in [1.29, 1.82) is 0 Å². The van der Waals surface area contributed by atoms with Crippen LogP contribution in [0.5, 0.6) is 5.75 Å². The van der Waals surface area contributed by atoms with E-state index in [1.807, 2.05) is 42.5 Å². The van der Waals surface area contributed by atoms with E-state index in [0.29, 0.717) is 23.9 Å². The first-order valence-electron chi connectivity index (χ1n) is 10.9. The number of aromatic nitrogens is 2. The molecule has 2 heterocycles. The smallest absolute Gasteiger partial charge is 0.286 e. The number of imidazole rings is 1. The highest BCUT2D eigenvalue weighted by Gasteiger charge is 2.11. The summed E-state index contributed by atoms with van der Waals surface area (Å²) in [6.45, 7) is 2.04. The molecule has 0 saturated carbocycles. The summed E-state index contributed by atoms with van der Waals surface area (Å²) >= 11 is 6.14. The average molecular weight is 452 g/mol. The Kier molecular flexibility index (Phi) is 7.46. The third-order valence-electron chi connectivity index (χ3n) is 5.21. The highest BCUT2D eigenvalue weighted by molar-refractivity contribution is 6.32. The molecule has 4 aromatic rings. The van der Waals surface area contributed by atoms with Crippen molar-refractivity contribution in [2.45, 2.75) is 32.2 Å². The molecule has 32 heavy (non-hydrogen) atoms. The maximum absolute atomic E-state index is 12.0. The lowest BCUT2D eigenvalue weighted by molar-refractivity contribution is 0.0925. The molecule has 0 aliphatic rings. The number of ether oxygens (including phenoxy) is 1. The minimum atomic E-state index is -0.193. The number of carbonyl (C=O) groups excluding carboxylic acids is 1. The monoisotopic (exact) mass is 451 g/mol. The lowest BCUT2D eigenvalue weighted by atomic mass is 10.2. The van der Waals surface area contributed by atoms with Crippen LogP contribution < -0.4 is 10.1 Å². The summed E-state index contributed by atoms with van der Waals surface area (Å²) in [5.74, 6) is 1.89. The van der Waals surface area contributed by atoms with Gasteiger partial charge in [0.1, 0.15) is 11.6 Å². The quantitative estimate of drug-likeness (QED) is 0.305. The number of hydrogen-bond donors (Lipinski definition) is 1. The Morgan fingerprint density at radius 2 is 1.88 bits per heavy atom. The fraction of sp³-hybridized carbons (Fsp3) is 0.280. The zero-order valence-corrected chi connectivity index (χ0v) is 18.6. The first-order valence-corrected chi connectivity index (χ1v) is 11.2. The van der Waals surface area contributed by atoms with Gasteiger partial charge in [0.25, 0.3) is 5.91 Å². The summed E-state index contributed by atoms with van der Waals surface area (Å²) in [6, 6.07) is 19.1. The third kappa shape index (κ3) is 5.51. The van der Waals surface area contributed by atoms with E-state index in [1.54, 1.807) is 12.1 Å². The highest BCUT2D eigenvalue weighted by Crippen LogP contribution is 2.23. The molecular weight excluding hydrogens is 426 g/mol. The van der Waals surface area contributed by atoms with Gasteiger partial charge >= 0.3 is 0 Å². The zero-order valence-electron chi connectivity index (χ0n) is 17.8. The average Bonchev–Trinajstić information content (AvgIpc) is 3.46. The summed E-state index contributed by atoms with van der Waals surface area (Å²) in [7, 11) is 0. The zero-order chi connectivity index (χ0) is 22.2. The molecule has 2 aromatic carbocycles. The molecule has 0 atom stereocenters. The normalized spacial score (nSPS) is 11.0.